The summed E-state index contributed by atoms with van der Waals surface area (Å²) >= 11 is 0. The number of hydrogen-bond acceptors (Lipinski definition) is 3. The molecule has 3 atom stereocenters. The van der Waals surface area contributed by atoms with Crippen LogP contribution < -0.4 is 10.4 Å². The number of benzene rings is 3. The molecule has 0 saturated heterocycles. The van der Waals surface area contributed by atoms with Crippen LogP contribution in [-0.4, -0.2) is 37.8 Å². The van der Waals surface area contributed by atoms with Gasteiger partial charge in [-0.05, 0) is 31.7 Å². The van der Waals surface area contributed by atoms with Crippen LogP contribution in [0.25, 0.3) is 0 Å². The lowest BCUT2D eigenvalue weighted by Gasteiger charge is -2.35. The summed E-state index contributed by atoms with van der Waals surface area (Å²) in [5.41, 5.74) is 0.591. The van der Waals surface area contributed by atoms with Crippen LogP contribution in [0.5, 0.6) is 0 Å². The number of ketones is 1. The Morgan fingerprint density at radius 1 is 0.909 bits per heavy atom. The van der Waals surface area contributed by atoms with Crippen molar-refractivity contribution in [2.75, 3.05) is 13.2 Å². The number of aliphatic hydroxyl groups is 1. The SMILES string of the molecule is C[C@]1(OCCO)C[C@@H]([Si](C)(c2ccccc2)c2ccccc2)C(=O)[C@H]1CCc1ccccc1. The van der Waals surface area contributed by atoms with Crippen molar-refractivity contribution in [1.29, 1.82) is 0 Å². The van der Waals surface area contributed by atoms with Crippen LogP contribution in [0, 0.1) is 5.92 Å². The van der Waals surface area contributed by atoms with Crippen LogP contribution in [0.1, 0.15) is 25.3 Å². The molecule has 0 aliphatic heterocycles. The molecule has 33 heavy (non-hydrogen) atoms. The third kappa shape index (κ3) is 4.74. The second-order valence-electron chi connectivity index (χ2n) is 9.56. The van der Waals surface area contributed by atoms with Crippen molar-refractivity contribution in [1.82, 2.24) is 0 Å². The van der Waals surface area contributed by atoms with Crippen LogP contribution in [-0.2, 0) is 16.0 Å². The second kappa shape index (κ2) is 10.2. The molecule has 3 aromatic carbocycles. The molecule has 0 aromatic heterocycles. The van der Waals surface area contributed by atoms with Crippen molar-refractivity contribution in [2.24, 2.45) is 5.92 Å². The van der Waals surface area contributed by atoms with Gasteiger partial charge in [0.15, 0.2) is 0 Å². The summed E-state index contributed by atoms with van der Waals surface area (Å²) in [4.78, 5) is 14.2. The van der Waals surface area contributed by atoms with Crippen LogP contribution >= 0.6 is 0 Å². The van der Waals surface area contributed by atoms with Gasteiger partial charge < -0.3 is 9.84 Å². The Bertz CT molecular complexity index is 999. The van der Waals surface area contributed by atoms with Gasteiger partial charge in [0.1, 0.15) is 13.9 Å². The van der Waals surface area contributed by atoms with Crippen LogP contribution in [0.15, 0.2) is 91.0 Å². The summed E-state index contributed by atoms with van der Waals surface area (Å²) < 4.78 is 6.26. The topological polar surface area (TPSA) is 46.5 Å². The molecule has 0 bridgehead atoms. The largest absolute Gasteiger partial charge is 0.394 e. The van der Waals surface area contributed by atoms with E-state index in [1.165, 1.54) is 15.9 Å². The number of ether oxygens (including phenoxy) is 1. The maximum Gasteiger partial charge on any atom is 0.140 e. The molecule has 3 aromatic rings. The zero-order chi connectivity index (χ0) is 23.3. The molecule has 0 amide bonds. The van der Waals surface area contributed by atoms with E-state index < -0.39 is 13.7 Å². The minimum absolute atomic E-state index is 0.0358. The lowest BCUT2D eigenvalue weighted by molar-refractivity contribution is -0.128. The normalized spacial score (nSPS) is 23.1. The highest BCUT2D eigenvalue weighted by molar-refractivity contribution is 7.04. The Balaban J connectivity index is 1.72. The Morgan fingerprint density at radius 2 is 1.42 bits per heavy atom. The fourth-order valence-electron chi connectivity index (χ4n) is 5.66. The minimum atomic E-state index is -2.40. The molecule has 0 radical (unpaired) electrons. The second-order valence-corrected chi connectivity index (χ2v) is 13.8. The van der Waals surface area contributed by atoms with E-state index in [1.54, 1.807) is 0 Å². The Morgan fingerprint density at radius 3 is 1.94 bits per heavy atom. The predicted molar refractivity (Wildman–Crippen MR) is 137 cm³/mol. The number of aryl methyl sites for hydroxylation is 1. The highest BCUT2D eigenvalue weighted by Gasteiger charge is 2.57. The number of Topliss-reactive ketones (excluding diaryl/α,β-unsaturated/α-hetero) is 1. The molecule has 0 heterocycles. The zero-order valence-corrected chi connectivity index (χ0v) is 20.6. The lowest BCUT2D eigenvalue weighted by Crippen LogP contribution is -2.60. The minimum Gasteiger partial charge on any atom is -0.394 e. The van der Waals surface area contributed by atoms with Crippen molar-refractivity contribution < 1.29 is 14.6 Å². The summed E-state index contributed by atoms with van der Waals surface area (Å²) in [6, 6.07) is 31.5. The van der Waals surface area contributed by atoms with Gasteiger partial charge >= 0.3 is 0 Å². The summed E-state index contributed by atoms with van der Waals surface area (Å²) in [7, 11) is -2.40. The van der Waals surface area contributed by atoms with Gasteiger partial charge in [-0.2, -0.15) is 0 Å². The van der Waals surface area contributed by atoms with E-state index in [0.29, 0.717) is 12.2 Å². The molecular formula is C29H34O3Si. The first-order valence-electron chi connectivity index (χ1n) is 11.9. The maximum absolute atomic E-state index is 14.2. The smallest absolute Gasteiger partial charge is 0.140 e. The van der Waals surface area contributed by atoms with Crippen molar-refractivity contribution in [2.45, 2.75) is 43.9 Å². The summed E-state index contributed by atoms with van der Waals surface area (Å²) in [6.07, 6.45) is 2.30. The molecule has 0 spiro atoms. The first kappa shape index (κ1) is 23.6. The van der Waals surface area contributed by atoms with Gasteiger partial charge in [0.2, 0.25) is 0 Å². The van der Waals surface area contributed by atoms with Gasteiger partial charge in [-0.25, -0.2) is 0 Å². The summed E-state index contributed by atoms with van der Waals surface area (Å²) in [5.74, 6) is 0.141. The van der Waals surface area contributed by atoms with E-state index in [2.05, 4.69) is 74.1 Å². The molecule has 172 valence electrons. The molecule has 1 N–H and O–H groups in total. The van der Waals surface area contributed by atoms with Gasteiger partial charge in [-0.1, -0.05) is 108 Å². The standard InChI is InChI=1S/C29H34O3Si/c1-29(32-21-20-30)22-27(28(31)26(29)19-18-23-12-6-3-7-13-23)33(2,24-14-8-4-9-15-24)25-16-10-5-11-17-25/h3-17,26-27,30H,18-22H2,1-2H3/t26-,27-,29+/m1/s1. The molecule has 3 nitrogen and oxygen atoms in total. The molecule has 4 heteroatoms. The quantitative estimate of drug-likeness (QED) is 0.488. The molecule has 1 fully saturated rings. The number of carbonyl (C=O) groups is 1. The van der Waals surface area contributed by atoms with E-state index >= 15 is 0 Å². The monoisotopic (exact) mass is 458 g/mol. The van der Waals surface area contributed by atoms with Gasteiger partial charge in [-0.15, -0.1) is 0 Å². The van der Waals surface area contributed by atoms with Crippen molar-refractivity contribution in [3.05, 3.63) is 96.6 Å². The summed E-state index contributed by atoms with van der Waals surface area (Å²) in [6.45, 7) is 4.65. The number of rotatable bonds is 9. The van der Waals surface area contributed by atoms with E-state index in [-0.39, 0.29) is 24.7 Å². The molecule has 4 rings (SSSR count). The van der Waals surface area contributed by atoms with E-state index in [4.69, 9.17) is 4.74 Å². The first-order valence-corrected chi connectivity index (χ1v) is 14.5. The van der Waals surface area contributed by atoms with Crippen molar-refractivity contribution in [3.8, 4) is 0 Å². The zero-order valence-electron chi connectivity index (χ0n) is 19.6. The van der Waals surface area contributed by atoms with E-state index in [0.717, 1.165) is 12.8 Å². The van der Waals surface area contributed by atoms with Gasteiger partial charge in [0.05, 0.1) is 18.8 Å². The predicted octanol–water partition coefficient (Wildman–Crippen LogP) is 4.24. The Kier molecular flexibility index (Phi) is 7.28. The third-order valence-electron chi connectivity index (χ3n) is 7.56. The molecule has 1 saturated carbocycles. The van der Waals surface area contributed by atoms with Crippen molar-refractivity contribution >= 4 is 24.2 Å². The van der Waals surface area contributed by atoms with Gasteiger partial charge in [0, 0.05) is 11.5 Å². The number of carbonyl (C=O) groups excluding carboxylic acids is 1. The van der Waals surface area contributed by atoms with Crippen LogP contribution in [0.3, 0.4) is 0 Å². The number of aliphatic hydroxyl groups excluding tert-OH is 1. The fraction of sp³-hybridized carbons (Fsp3) is 0.345. The average Bonchev–Trinajstić information content (AvgIpc) is 3.13. The third-order valence-corrected chi connectivity index (χ3v) is 12.5. The Labute approximate surface area is 198 Å². The first-order chi connectivity index (χ1) is 16.0. The highest BCUT2D eigenvalue weighted by Crippen LogP contribution is 2.48. The average molecular weight is 459 g/mol. The van der Waals surface area contributed by atoms with Crippen LogP contribution in [0.4, 0.5) is 0 Å². The summed E-state index contributed by atoms with van der Waals surface area (Å²) in [5, 5.41) is 12.0. The number of hydrogen-bond donors (Lipinski definition) is 1. The molecule has 1 aliphatic rings. The Hall–Kier alpha value is -2.53. The van der Waals surface area contributed by atoms with Gasteiger partial charge in [-0.3, -0.25) is 4.79 Å². The lowest BCUT2D eigenvalue weighted by atomic mass is 9.87. The molecule has 0 unspecified atom stereocenters. The van der Waals surface area contributed by atoms with Gasteiger partial charge in [0.25, 0.3) is 0 Å². The maximum atomic E-state index is 14.2. The van der Waals surface area contributed by atoms with E-state index in [1.807, 2.05) is 30.3 Å². The van der Waals surface area contributed by atoms with Crippen LogP contribution in [0.2, 0.25) is 12.1 Å². The van der Waals surface area contributed by atoms with E-state index in [9.17, 15) is 9.90 Å². The van der Waals surface area contributed by atoms with Crippen molar-refractivity contribution in [3.63, 3.8) is 0 Å². The molecule has 1 aliphatic carbocycles. The fourth-order valence-corrected chi connectivity index (χ4v) is 10.2. The molecular weight excluding hydrogens is 424 g/mol. The highest BCUT2D eigenvalue weighted by atomic mass is 28.3.